The number of halogens is 5. The number of benzene rings is 2. The lowest BCUT2D eigenvalue weighted by Crippen LogP contribution is -2.13. The van der Waals surface area contributed by atoms with E-state index >= 15 is 0 Å². The van der Waals surface area contributed by atoms with Gasteiger partial charge in [-0.1, -0.05) is 0 Å². The van der Waals surface area contributed by atoms with Gasteiger partial charge in [-0.25, -0.2) is 22.0 Å². The van der Waals surface area contributed by atoms with E-state index in [1.807, 2.05) is 0 Å². The molecule has 0 bridgehead atoms. The molecule has 0 spiro atoms. The first-order valence-electron chi connectivity index (χ1n) is 10.3. The molecule has 0 unspecified atom stereocenters. The zero-order valence-corrected chi connectivity index (χ0v) is 18.5. The molecule has 0 saturated heterocycles. The van der Waals surface area contributed by atoms with Gasteiger partial charge in [0.05, 0.1) is 12.1 Å². The van der Waals surface area contributed by atoms with E-state index in [1.54, 1.807) is 24.3 Å². The number of ketones is 1. The maximum Gasteiger partial charge on any atom is 0.292 e. The van der Waals surface area contributed by atoms with Gasteiger partial charge in [0.25, 0.3) is 5.91 Å². The maximum atomic E-state index is 13.9. The third-order valence-corrected chi connectivity index (χ3v) is 5.03. The van der Waals surface area contributed by atoms with Crippen LogP contribution in [0.1, 0.15) is 39.2 Å². The quantitative estimate of drug-likeness (QED) is 0.153. The van der Waals surface area contributed by atoms with Gasteiger partial charge in [-0.05, 0) is 43.3 Å². The average Bonchev–Trinajstić information content (AvgIpc) is 3.53. The number of amides is 1. The monoisotopic (exact) mass is 505 g/mol. The smallest absolute Gasteiger partial charge is 0.292 e. The Morgan fingerprint density at radius 2 is 1.56 bits per heavy atom. The van der Waals surface area contributed by atoms with Gasteiger partial charge in [-0.3, -0.25) is 14.3 Å². The number of anilines is 1. The summed E-state index contributed by atoms with van der Waals surface area (Å²) in [6, 6.07) is 10.6. The van der Waals surface area contributed by atoms with Gasteiger partial charge in [0, 0.05) is 17.8 Å². The molecule has 0 saturated carbocycles. The topological polar surface area (TPSA) is 86.4 Å². The van der Waals surface area contributed by atoms with Crippen LogP contribution in [0.4, 0.5) is 27.8 Å². The maximum absolute atomic E-state index is 13.9. The highest BCUT2D eigenvalue weighted by molar-refractivity contribution is 6.01. The average molecular weight is 505 g/mol. The summed E-state index contributed by atoms with van der Waals surface area (Å²) in [5.74, 6) is -10.4. The second kappa shape index (κ2) is 10.0. The Bertz CT molecular complexity index is 1420. The van der Waals surface area contributed by atoms with Crippen LogP contribution >= 0.6 is 0 Å². The third kappa shape index (κ3) is 5.11. The summed E-state index contributed by atoms with van der Waals surface area (Å²) in [7, 11) is 0. The molecule has 2 aromatic carbocycles. The van der Waals surface area contributed by atoms with Crippen LogP contribution in [-0.2, 0) is 13.2 Å². The molecule has 4 rings (SSSR count). The fourth-order valence-electron chi connectivity index (χ4n) is 3.16. The summed E-state index contributed by atoms with van der Waals surface area (Å²) in [5.41, 5.74) is -0.534. The number of nitrogens with one attached hydrogen (secondary N) is 1. The van der Waals surface area contributed by atoms with E-state index < -0.39 is 47.1 Å². The van der Waals surface area contributed by atoms with Crippen molar-refractivity contribution in [3.05, 3.63) is 100 Å². The van der Waals surface area contributed by atoms with Gasteiger partial charge in [0.1, 0.15) is 18.1 Å². The summed E-state index contributed by atoms with van der Waals surface area (Å²) >= 11 is 0. The second-order valence-electron chi connectivity index (χ2n) is 7.54. The summed E-state index contributed by atoms with van der Waals surface area (Å²) in [4.78, 5) is 23.7. The summed E-state index contributed by atoms with van der Waals surface area (Å²) in [6.07, 6.45) is 1.19. The number of rotatable bonds is 8. The van der Waals surface area contributed by atoms with Crippen molar-refractivity contribution in [1.82, 2.24) is 9.78 Å². The molecule has 0 radical (unpaired) electrons. The SMILES string of the molecule is CC(=O)c1ccc(OCc2ccc(C(=O)Nc3ccn(Cc4c(F)c(F)c(F)c(F)c4F)n3)o2)cc1. The largest absolute Gasteiger partial charge is 0.486 e. The third-order valence-electron chi connectivity index (χ3n) is 5.03. The van der Waals surface area contributed by atoms with Crippen LogP contribution in [0.2, 0.25) is 0 Å². The number of nitrogens with zero attached hydrogens (tertiary/aromatic N) is 2. The molecule has 7 nitrogen and oxygen atoms in total. The first kappa shape index (κ1) is 24.6. The molecule has 2 aromatic heterocycles. The highest BCUT2D eigenvalue weighted by Crippen LogP contribution is 2.24. The van der Waals surface area contributed by atoms with Gasteiger partial charge in [0.2, 0.25) is 5.82 Å². The minimum absolute atomic E-state index is 0.00322. The zero-order valence-electron chi connectivity index (χ0n) is 18.5. The molecule has 1 amide bonds. The summed E-state index contributed by atoms with van der Waals surface area (Å²) in [6.45, 7) is 0.684. The molecule has 12 heteroatoms. The number of hydrogen-bond donors (Lipinski definition) is 1. The number of aromatic nitrogens is 2. The van der Waals surface area contributed by atoms with Crippen molar-refractivity contribution in [3.63, 3.8) is 0 Å². The normalized spacial score (nSPS) is 10.9. The van der Waals surface area contributed by atoms with Crippen molar-refractivity contribution in [2.45, 2.75) is 20.1 Å². The lowest BCUT2D eigenvalue weighted by atomic mass is 10.1. The molecule has 0 atom stereocenters. The van der Waals surface area contributed by atoms with Gasteiger partial charge < -0.3 is 14.5 Å². The van der Waals surface area contributed by atoms with Crippen molar-refractivity contribution < 1.29 is 40.7 Å². The summed E-state index contributed by atoms with van der Waals surface area (Å²) in [5, 5.41) is 6.26. The predicted octanol–water partition coefficient (Wildman–Crippen LogP) is 5.25. The molecular formula is C24H16F5N3O4. The molecule has 1 N–H and O–H groups in total. The number of ether oxygens (including phenoxy) is 1. The number of carbonyl (C=O) groups is 2. The van der Waals surface area contributed by atoms with Crippen LogP contribution < -0.4 is 10.1 Å². The van der Waals surface area contributed by atoms with E-state index in [4.69, 9.17) is 9.15 Å². The minimum atomic E-state index is -2.25. The molecule has 4 aromatic rings. The Morgan fingerprint density at radius 3 is 2.19 bits per heavy atom. The molecule has 0 aliphatic rings. The van der Waals surface area contributed by atoms with E-state index in [2.05, 4.69) is 10.4 Å². The zero-order chi connectivity index (χ0) is 26.0. The highest BCUT2D eigenvalue weighted by atomic mass is 19.2. The van der Waals surface area contributed by atoms with Gasteiger partial charge in [0.15, 0.2) is 40.6 Å². The number of hydrogen-bond acceptors (Lipinski definition) is 5. The van der Waals surface area contributed by atoms with Crippen LogP contribution in [-0.4, -0.2) is 21.5 Å². The van der Waals surface area contributed by atoms with Crippen molar-refractivity contribution in [2.24, 2.45) is 0 Å². The number of carbonyl (C=O) groups excluding carboxylic acids is 2. The van der Waals surface area contributed by atoms with E-state index in [1.165, 1.54) is 31.3 Å². The summed E-state index contributed by atoms with van der Waals surface area (Å²) < 4.78 is 79.6. The van der Waals surface area contributed by atoms with Crippen LogP contribution in [0.25, 0.3) is 0 Å². The fourth-order valence-corrected chi connectivity index (χ4v) is 3.16. The second-order valence-corrected chi connectivity index (χ2v) is 7.54. The van der Waals surface area contributed by atoms with Crippen molar-refractivity contribution in [2.75, 3.05) is 5.32 Å². The Labute approximate surface area is 200 Å². The number of Topliss-reactive ketones (excluding diaryl/α,β-unsaturated/α-hetero) is 1. The van der Waals surface area contributed by atoms with Crippen LogP contribution in [0.3, 0.4) is 0 Å². The van der Waals surface area contributed by atoms with E-state index in [0.717, 1.165) is 4.68 Å². The van der Waals surface area contributed by atoms with E-state index in [0.29, 0.717) is 17.1 Å². The molecular weight excluding hydrogens is 489 g/mol. The molecule has 2 heterocycles. The van der Waals surface area contributed by atoms with Gasteiger partial charge >= 0.3 is 0 Å². The highest BCUT2D eigenvalue weighted by Gasteiger charge is 2.26. The molecule has 0 aliphatic carbocycles. The molecule has 186 valence electrons. The lowest BCUT2D eigenvalue weighted by molar-refractivity contribution is 0.0990. The first-order valence-corrected chi connectivity index (χ1v) is 10.3. The standard InChI is InChI=1S/C24H16F5N3O4/c1-12(33)13-2-4-14(5-3-13)35-11-15-6-7-17(36-15)24(34)30-18-8-9-32(31-18)10-16-19(25)21(27)23(29)22(28)20(16)26/h2-9H,10-11H2,1H3,(H,30,31,34). The Morgan fingerprint density at radius 1 is 0.917 bits per heavy atom. The van der Waals surface area contributed by atoms with Gasteiger partial charge in [-0.15, -0.1) is 0 Å². The fraction of sp³-hybridized carbons (Fsp3) is 0.125. The van der Waals surface area contributed by atoms with Crippen LogP contribution in [0.15, 0.2) is 53.1 Å². The Balaban J connectivity index is 1.37. The predicted molar refractivity (Wildman–Crippen MR) is 115 cm³/mol. The van der Waals surface area contributed by atoms with Crippen molar-refractivity contribution in [3.8, 4) is 5.75 Å². The lowest BCUT2D eigenvalue weighted by Gasteiger charge is -2.08. The number of furan rings is 1. The van der Waals surface area contributed by atoms with Crippen LogP contribution in [0.5, 0.6) is 5.75 Å². The van der Waals surface area contributed by atoms with Crippen LogP contribution in [0, 0.1) is 29.1 Å². The van der Waals surface area contributed by atoms with Crippen molar-refractivity contribution >= 4 is 17.5 Å². The molecule has 0 aliphatic heterocycles. The minimum Gasteiger partial charge on any atom is -0.486 e. The van der Waals surface area contributed by atoms with Gasteiger partial charge in [-0.2, -0.15) is 5.10 Å². The first-order chi connectivity index (χ1) is 17.1. The van der Waals surface area contributed by atoms with Crippen molar-refractivity contribution in [1.29, 1.82) is 0 Å². The Kier molecular flexibility index (Phi) is 6.86. The molecule has 36 heavy (non-hydrogen) atoms. The van der Waals surface area contributed by atoms with E-state index in [-0.39, 0.29) is 24.0 Å². The Hall–Kier alpha value is -4.48. The van der Waals surface area contributed by atoms with E-state index in [9.17, 15) is 31.5 Å². The molecule has 0 fully saturated rings.